The summed E-state index contributed by atoms with van der Waals surface area (Å²) in [6.45, 7) is 0. The molecular weight excluding hydrogens is 610 g/mol. The van der Waals surface area contributed by atoms with E-state index < -0.39 is 0 Å². The van der Waals surface area contributed by atoms with Crippen LogP contribution in [0.5, 0.6) is 0 Å². The molecule has 0 atom stereocenters. The van der Waals surface area contributed by atoms with Crippen LogP contribution in [0.4, 0.5) is 0 Å². The molecule has 0 nitrogen and oxygen atoms in total. The second-order valence-electron chi connectivity index (χ2n) is 8.18. The van der Waals surface area contributed by atoms with Crippen LogP contribution < -0.4 is 24.8 Å². The molecule has 6 rings (SSSR count). The molecule has 0 saturated heterocycles. The van der Waals surface area contributed by atoms with Crippen molar-refractivity contribution in [2.75, 3.05) is 0 Å². The van der Waals surface area contributed by atoms with Gasteiger partial charge in [-0.25, -0.2) is 0 Å². The number of allylic oxidation sites excluding steroid dienone is 2. The van der Waals surface area contributed by atoms with E-state index in [0.29, 0.717) is 0 Å². The SMILES string of the molecule is C1=C(c2ccccc2-c2ccccc2C2=Cc3ccccc3C2)Cc2ccccc21.[Cl-].[Cl-].[Hf+2]. The van der Waals surface area contributed by atoms with E-state index in [1.54, 1.807) is 0 Å². The second kappa shape index (κ2) is 10.8. The summed E-state index contributed by atoms with van der Waals surface area (Å²) in [5, 5.41) is 0. The minimum Gasteiger partial charge on any atom is -1.00 e. The molecular formula is C30H22Cl2Hf. The minimum atomic E-state index is 0. The van der Waals surface area contributed by atoms with Gasteiger partial charge in [0.15, 0.2) is 0 Å². The summed E-state index contributed by atoms with van der Waals surface area (Å²) in [6, 6.07) is 35.2. The zero-order valence-electron chi connectivity index (χ0n) is 18.1. The van der Waals surface area contributed by atoms with Crippen molar-refractivity contribution in [1.82, 2.24) is 0 Å². The topological polar surface area (TPSA) is 0 Å². The number of fused-ring (bicyclic) bond motifs is 2. The van der Waals surface area contributed by atoms with Gasteiger partial charge in [0.2, 0.25) is 0 Å². The van der Waals surface area contributed by atoms with Crippen molar-refractivity contribution in [3.63, 3.8) is 0 Å². The van der Waals surface area contributed by atoms with E-state index in [1.807, 2.05) is 0 Å². The van der Waals surface area contributed by atoms with E-state index in [9.17, 15) is 0 Å². The molecule has 33 heavy (non-hydrogen) atoms. The molecule has 2 aliphatic rings. The predicted molar refractivity (Wildman–Crippen MR) is 128 cm³/mol. The quantitative estimate of drug-likeness (QED) is 0.302. The Morgan fingerprint density at radius 2 is 0.727 bits per heavy atom. The van der Waals surface area contributed by atoms with Crippen molar-refractivity contribution in [1.29, 1.82) is 0 Å². The van der Waals surface area contributed by atoms with Gasteiger partial charge in [-0.1, -0.05) is 109 Å². The van der Waals surface area contributed by atoms with E-state index in [4.69, 9.17) is 0 Å². The zero-order chi connectivity index (χ0) is 19.9. The third-order valence-corrected chi connectivity index (χ3v) is 6.37. The predicted octanol–water partition coefficient (Wildman–Crippen LogP) is 1.55. The molecule has 0 aliphatic heterocycles. The Morgan fingerprint density at radius 3 is 1.12 bits per heavy atom. The fraction of sp³-hybridized carbons (Fsp3) is 0.0667. The van der Waals surface area contributed by atoms with Crippen LogP contribution in [0.2, 0.25) is 0 Å². The molecule has 0 saturated carbocycles. The van der Waals surface area contributed by atoms with Crippen molar-refractivity contribution < 1.29 is 50.7 Å². The summed E-state index contributed by atoms with van der Waals surface area (Å²) in [5.41, 5.74) is 13.7. The van der Waals surface area contributed by atoms with Crippen LogP contribution >= 0.6 is 0 Å². The first-order valence-electron chi connectivity index (χ1n) is 10.6. The van der Waals surface area contributed by atoms with E-state index in [0.717, 1.165) is 12.8 Å². The molecule has 160 valence electrons. The number of hydrogen-bond acceptors (Lipinski definition) is 0. The molecule has 0 aromatic heterocycles. The van der Waals surface area contributed by atoms with Gasteiger partial charge in [0.25, 0.3) is 0 Å². The Balaban J connectivity index is 0.00000102. The summed E-state index contributed by atoms with van der Waals surface area (Å²) in [7, 11) is 0. The Labute approximate surface area is 227 Å². The second-order valence-corrected chi connectivity index (χ2v) is 8.18. The largest absolute Gasteiger partial charge is 2.00 e. The summed E-state index contributed by atoms with van der Waals surface area (Å²) < 4.78 is 0. The van der Waals surface area contributed by atoms with Crippen LogP contribution in [0.25, 0.3) is 34.4 Å². The van der Waals surface area contributed by atoms with Gasteiger partial charge < -0.3 is 24.8 Å². The maximum absolute atomic E-state index is 2.36. The number of hydrogen-bond donors (Lipinski definition) is 0. The zero-order valence-corrected chi connectivity index (χ0v) is 23.2. The molecule has 3 heteroatoms. The van der Waals surface area contributed by atoms with E-state index in [1.165, 1.54) is 55.7 Å². The molecule has 2 aliphatic carbocycles. The standard InChI is InChI=1S/C30H22.2ClH.Hf/c1-2-10-22-18-25(17-21(22)9-1)27-13-5-7-15-29(27)30-16-8-6-14-28(30)26-19-23-11-3-4-12-24(23)20-26;;;/h1-17,19H,18,20H2;2*1H;/q;;;+2/p-2. The summed E-state index contributed by atoms with van der Waals surface area (Å²) >= 11 is 0. The van der Waals surface area contributed by atoms with Gasteiger partial charge in [-0.05, 0) is 68.5 Å². The van der Waals surface area contributed by atoms with Crippen LogP contribution in [0.3, 0.4) is 0 Å². The fourth-order valence-corrected chi connectivity index (χ4v) is 4.90. The number of rotatable bonds is 3. The van der Waals surface area contributed by atoms with Gasteiger partial charge in [0, 0.05) is 0 Å². The average Bonchev–Trinajstić information content (AvgIpc) is 3.43. The van der Waals surface area contributed by atoms with Gasteiger partial charge in [-0.3, -0.25) is 0 Å². The van der Waals surface area contributed by atoms with E-state index in [-0.39, 0.29) is 50.7 Å². The summed E-state index contributed by atoms with van der Waals surface area (Å²) in [6.07, 6.45) is 6.73. The maximum atomic E-state index is 2.36. The first-order chi connectivity index (χ1) is 14.9. The summed E-state index contributed by atoms with van der Waals surface area (Å²) in [5.74, 6) is 0. The van der Waals surface area contributed by atoms with Crippen LogP contribution in [-0.4, -0.2) is 0 Å². The molecule has 4 aromatic carbocycles. The fourth-order valence-electron chi connectivity index (χ4n) is 4.90. The minimum absolute atomic E-state index is 0. The molecule has 4 aromatic rings. The monoisotopic (exact) mass is 632 g/mol. The van der Waals surface area contributed by atoms with Gasteiger partial charge in [0.1, 0.15) is 0 Å². The van der Waals surface area contributed by atoms with Crippen LogP contribution in [0.15, 0.2) is 97.1 Å². The van der Waals surface area contributed by atoms with Crippen molar-refractivity contribution in [2.24, 2.45) is 0 Å². The molecule has 0 spiro atoms. The van der Waals surface area contributed by atoms with E-state index in [2.05, 4.69) is 109 Å². The molecule has 0 unspecified atom stereocenters. The van der Waals surface area contributed by atoms with Crippen molar-refractivity contribution in [3.8, 4) is 11.1 Å². The number of halogens is 2. The summed E-state index contributed by atoms with van der Waals surface area (Å²) in [4.78, 5) is 0. The smallest absolute Gasteiger partial charge is 1.00 e. The van der Waals surface area contributed by atoms with Crippen LogP contribution in [-0.2, 0) is 38.7 Å². The van der Waals surface area contributed by atoms with Gasteiger partial charge >= 0.3 is 25.8 Å². The Morgan fingerprint density at radius 1 is 0.394 bits per heavy atom. The molecule has 0 fully saturated rings. The number of benzene rings is 4. The Hall–Kier alpha value is -2.19. The van der Waals surface area contributed by atoms with Crippen molar-refractivity contribution >= 4 is 23.3 Å². The average molecular weight is 632 g/mol. The first kappa shape index (κ1) is 25.4. The van der Waals surface area contributed by atoms with Crippen LogP contribution in [0.1, 0.15) is 33.4 Å². The molecule has 0 amide bonds. The molecule has 0 radical (unpaired) electrons. The third-order valence-electron chi connectivity index (χ3n) is 6.37. The third kappa shape index (κ3) is 4.73. The first-order valence-corrected chi connectivity index (χ1v) is 10.6. The Bertz CT molecular complexity index is 1250. The Kier molecular flexibility index (Phi) is 8.34. The van der Waals surface area contributed by atoms with E-state index >= 15 is 0 Å². The van der Waals surface area contributed by atoms with Crippen LogP contribution in [0, 0.1) is 0 Å². The van der Waals surface area contributed by atoms with Gasteiger partial charge in [-0.15, -0.1) is 0 Å². The normalized spacial score (nSPS) is 12.8. The molecule has 0 bridgehead atoms. The van der Waals surface area contributed by atoms with Gasteiger partial charge in [-0.2, -0.15) is 0 Å². The molecule has 0 heterocycles. The van der Waals surface area contributed by atoms with Crippen molar-refractivity contribution in [2.45, 2.75) is 12.8 Å². The van der Waals surface area contributed by atoms with Crippen molar-refractivity contribution in [3.05, 3.63) is 130 Å². The molecule has 0 N–H and O–H groups in total. The maximum Gasteiger partial charge on any atom is 2.00 e. The van der Waals surface area contributed by atoms with Gasteiger partial charge in [0.05, 0.1) is 0 Å².